The Morgan fingerprint density at radius 2 is 2.20 bits per heavy atom. The molecule has 0 amide bonds. The molecule has 0 fully saturated rings. The number of nitrogens with zero attached hydrogens (tertiary/aromatic N) is 2. The lowest BCUT2D eigenvalue weighted by atomic mass is 9.96. The molecule has 0 radical (unpaired) electrons. The second-order valence-corrected chi connectivity index (χ2v) is 5.72. The highest BCUT2D eigenvalue weighted by Crippen LogP contribution is 2.41. The maximum absolute atomic E-state index is 10.4. The molecule has 2 heterocycles. The van der Waals surface area contributed by atoms with Gasteiger partial charge in [-0.25, -0.2) is 4.98 Å². The van der Waals surface area contributed by atoms with Crippen LogP contribution in [-0.2, 0) is 0 Å². The molecule has 1 aromatic heterocycles. The Bertz CT molecular complexity index is 619. The van der Waals surface area contributed by atoms with Gasteiger partial charge in [0.1, 0.15) is 11.9 Å². The zero-order valence-electron chi connectivity index (χ0n) is 12.1. The quantitative estimate of drug-likeness (QED) is 0.912. The van der Waals surface area contributed by atoms with Crippen LogP contribution in [0.2, 0.25) is 0 Å². The second-order valence-electron chi connectivity index (χ2n) is 5.72. The van der Waals surface area contributed by atoms with Crippen LogP contribution in [0.5, 0.6) is 5.75 Å². The standard InChI is InChI=1S/C16H20N2O2/c1-10(2)18-9-17-8-13(18)16-7-14(19)12-6-11(3)4-5-15(12)20-16/h4-6,8-10,14,16,19H,7H2,1-3H3/t14-,16?/m1/s1. The van der Waals surface area contributed by atoms with Gasteiger partial charge in [-0.05, 0) is 32.9 Å². The second kappa shape index (κ2) is 4.94. The van der Waals surface area contributed by atoms with Crippen molar-refractivity contribution in [3.05, 3.63) is 47.5 Å². The molecule has 4 heteroatoms. The van der Waals surface area contributed by atoms with Crippen molar-refractivity contribution in [3.63, 3.8) is 0 Å². The largest absolute Gasteiger partial charge is 0.484 e. The monoisotopic (exact) mass is 272 g/mol. The fourth-order valence-electron chi connectivity index (χ4n) is 2.74. The summed E-state index contributed by atoms with van der Waals surface area (Å²) in [5.41, 5.74) is 3.04. The van der Waals surface area contributed by atoms with Crippen LogP contribution in [0, 0.1) is 6.92 Å². The van der Waals surface area contributed by atoms with Crippen LogP contribution in [0.1, 0.15) is 55.3 Å². The maximum Gasteiger partial charge on any atom is 0.143 e. The van der Waals surface area contributed by atoms with Gasteiger partial charge in [0.15, 0.2) is 0 Å². The molecular formula is C16H20N2O2. The van der Waals surface area contributed by atoms with Gasteiger partial charge in [-0.2, -0.15) is 0 Å². The summed E-state index contributed by atoms with van der Waals surface area (Å²) in [5, 5.41) is 10.4. The van der Waals surface area contributed by atoms with E-state index >= 15 is 0 Å². The first-order chi connectivity index (χ1) is 9.56. The minimum atomic E-state index is -0.487. The lowest BCUT2D eigenvalue weighted by Crippen LogP contribution is -2.22. The normalized spacial score (nSPS) is 21.6. The highest BCUT2D eigenvalue weighted by molar-refractivity contribution is 5.40. The third kappa shape index (κ3) is 2.20. The molecule has 0 spiro atoms. The number of hydrogen-bond donors (Lipinski definition) is 1. The summed E-state index contributed by atoms with van der Waals surface area (Å²) < 4.78 is 8.17. The lowest BCUT2D eigenvalue weighted by Gasteiger charge is -2.30. The van der Waals surface area contributed by atoms with Crippen molar-refractivity contribution in [2.45, 2.75) is 45.4 Å². The molecule has 1 N–H and O–H groups in total. The molecule has 0 bridgehead atoms. The van der Waals surface area contributed by atoms with Gasteiger partial charge < -0.3 is 14.4 Å². The Hall–Kier alpha value is -1.81. The first-order valence-electron chi connectivity index (χ1n) is 7.03. The van der Waals surface area contributed by atoms with Crippen LogP contribution in [0.25, 0.3) is 0 Å². The van der Waals surface area contributed by atoms with E-state index in [0.717, 1.165) is 22.6 Å². The molecule has 2 aromatic rings. The summed E-state index contributed by atoms with van der Waals surface area (Å²) in [5.74, 6) is 0.774. The first kappa shape index (κ1) is 13.2. The van der Waals surface area contributed by atoms with E-state index in [1.807, 2.05) is 37.6 Å². The number of imidazole rings is 1. The summed E-state index contributed by atoms with van der Waals surface area (Å²) in [6.45, 7) is 6.25. The number of rotatable bonds is 2. The number of ether oxygens (including phenoxy) is 1. The molecule has 1 unspecified atom stereocenters. The number of aromatic nitrogens is 2. The van der Waals surface area contributed by atoms with E-state index in [2.05, 4.69) is 23.4 Å². The molecule has 3 rings (SSSR count). The highest BCUT2D eigenvalue weighted by Gasteiger charge is 2.30. The van der Waals surface area contributed by atoms with Gasteiger partial charge in [-0.3, -0.25) is 0 Å². The Morgan fingerprint density at radius 1 is 1.40 bits per heavy atom. The van der Waals surface area contributed by atoms with Crippen molar-refractivity contribution in [1.29, 1.82) is 0 Å². The predicted octanol–water partition coefficient (Wildman–Crippen LogP) is 3.33. The van der Waals surface area contributed by atoms with E-state index in [0.29, 0.717) is 12.5 Å². The summed E-state index contributed by atoms with van der Waals surface area (Å²) in [4.78, 5) is 4.22. The Kier molecular flexibility index (Phi) is 3.26. The summed E-state index contributed by atoms with van der Waals surface area (Å²) in [7, 11) is 0. The van der Waals surface area contributed by atoms with Gasteiger partial charge in [0.25, 0.3) is 0 Å². The molecule has 1 aliphatic rings. The number of fused-ring (bicyclic) bond motifs is 1. The molecule has 1 aliphatic heterocycles. The van der Waals surface area contributed by atoms with E-state index in [4.69, 9.17) is 4.74 Å². The third-order valence-corrected chi connectivity index (χ3v) is 3.81. The molecule has 4 nitrogen and oxygen atoms in total. The smallest absolute Gasteiger partial charge is 0.143 e. The van der Waals surface area contributed by atoms with Crippen LogP contribution in [0.15, 0.2) is 30.7 Å². The zero-order valence-corrected chi connectivity index (χ0v) is 12.1. The molecule has 106 valence electrons. The topological polar surface area (TPSA) is 47.3 Å². The van der Waals surface area contributed by atoms with Gasteiger partial charge in [0, 0.05) is 18.0 Å². The molecule has 2 atom stereocenters. The van der Waals surface area contributed by atoms with Crippen LogP contribution in [-0.4, -0.2) is 14.7 Å². The van der Waals surface area contributed by atoms with Crippen LogP contribution in [0.3, 0.4) is 0 Å². The van der Waals surface area contributed by atoms with Crippen molar-refractivity contribution < 1.29 is 9.84 Å². The van der Waals surface area contributed by atoms with Crippen molar-refractivity contribution in [1.82, 2.24) is 9.55 Å². The molecule has 0 saturated heterocycles. The van der Waals surface area contributed by atoms with Gasteiger partial charge in [-0.15, -0.1) is 0 Å². The predicted molar refractivity (Wildman–Crippen MR) is 76.7 cm³/mol. The maximum atomic E-state index is 10.4. The first-order valence-corrected chi connectivity index (χ1v) is 7.03. The van der Waals surface area contributed by atoms with Crippen molar-refractivity contribution in [3.8, 4) is 5.75 Å². The lowest BCUT2D eigenvalue weighted by molar-refractivity contribution is 0.0613. The van der Waals surface area contributed by atoms with Crippen LogP contribution < -0.4 is 4.74 Å². The summed E-state index contributed by atoms with van der Waals surface area (Å²) >= 11 is 0. The third-order valence-electron chi connectivity index (χ3n) is 3.81. The van der Waals surface area contributed by atoms with Crippen molar-refractivity contribution in [2.75, 3.05) is 0 Å². The SMILES string of the molecule is Cc1ccc2c(c1)[C@H](O)CC(c1cncn1C(C)C)O2. The molecule has 0 saturated carbocycles. The Balaban J connectivity index is 1.95. The van der Waals surface area contributed by atoms with Crippen LogP contribution in [0.4, 0.5) is 0 Å². The average molecular weight is 272 g/mol. The van der Waals surface area contributed by atoms with E-state index in [9.17, 15) is 5.11 Å². The van der Waals surface area contributed by atoms with Crippen molar-refractivity contribution >= 4 is 0 Å². The minimum absolute atomic E-state index is 0.148. The van der Waals surface area contributed by atoms with E-state index < -0.39 is 6.10 Å². The van der Waals surface area contributed by atoms with Gasteiger partial charge in [0.05, 0.1) is 24.3 Å². The minimum Gasteiger partial charge on any atom is -0.484 e. The number of hydrogen-bond acceptors (Lipinski definition) is 3. The van der Waals surface area contributed by atoms with Gasteiger partial charge in [0.2, 0.25) is 0 Å². The fraction of sp³-hybridized carbons (Fsp3) is 0.438. The van der Waals surface area contributed by atoms with E-state index in [1.54, 1.807) is 0 Å². The Morgan fingerprint density at radius 3 is 2.95 bits per heavy atom. The Labute approximate surface area is 119 Å². The van der Waals surface area contributed by atoms with E-state index in [-0.39, 0.29) is 6.10 Å². The highest BCUT2D eigenvalue weighted by atomic mass is 16.5. The van der Waals surface area contributed by atoms with Crippen molar-refractivity contribution in [2.24, 2.45) is 0 Å². The van der Waals surface area contributed by atoms with Crippen LogP contribution >= 0.6 is 0 Å². The van der Waals surface area contributed by atoms with Gasteiger partial charge >= 0.3 is 0 Å². The molecule has 1 aromatic carbocycles. The fourth-order valence-corrected chi connectivity index (χ4v) is 2.74. The average Bonchev–Trinajstić information content (AvgIpc) is 2.89. The zero-order chi connectivity index (χ0) is 14.3. The van der Waals surface area contributed by atoms with E-state index in [1.165, 1.54) is 0 Å². The van der Waals surface area contributed by atoms with Gasteiger partial charge in [-0.1, -0.05) is 11.6 Å². The molecular weight excluding hydrogens is 252 g/mol. The summed E-state index contributed by atoms with van der Waals surface area (Å²) in [6, 6.07) is 6.27. The number of aliphatic hydroxyl groups is 1. The number of aliphatic hydroxyl groups excluding tert-OH is 1. The summed E-state index contributed by atoms with van der Waals surface area (Å²) in [6.07, 6.45) is 3.58. The molecule has 20 heavy (non-hydrogen) atoms. The molecule has 0 aliphatic carbocycles. The number of aryl methyl sites for hydroxylation is 1. The number of benzene rings is 1.